The van der Waals surface area contributed by atoms with Crippen LogP contribution in [0.1, 0.15) is 10.4 Å². The van der Waals surface area contributed by atoms with Crippen molar-refractivity contribution in [3.8, 4) is 0 Å². The maximum Gasteiger partial charge on any atom is 0.335 e. The number of fused-ring (bicyclic) bond motifs is 1. The molecule has 194 valence electrons. The van der Waals surface area contributed by atoms with Crippen molar-refractivity contribution in [2.75, 3.05) is 37.6 Å². The van der Waals surface area contributed by atoms with Crippen molar-refractivity contribution in [3.05, 3.63) is 86.5 Å². The van der Waals surface area contributed by atoms with Crippen LogP contribution >= 0.6 is 11.6 Å². The number of aromatic nitrogens is 5. The first-order valence-electron chi connectivity index (χ1n) is 11.7. The van der Waals surface area contributed by atoms with Gasteiger partial charge in [0.05, 0.1) is 22.6 Å². The summed E-state index contributed by atoms with van der Waals surface area (Å²) in [5, 5.41) is 9.14. The zero-order chi connectivity index (χ0) is 26.5. The fraction of sp³-hybridized carbons (Fsp3) is 0.320. The SMILES string of the molecule is Cn1c(=O)c2c(ncn2CCN2CCN(c3ccccc3Cl)CC2)n(C)c1=O.O=C(O)c1ccncc1. The highest BCUT2D eigenvalue weighted by atomic mass is 35.5. The van der Waals surface area contributed by atoms with Gasteiger partial charge in [0.2, 0.25) is 0 Å². The third-order valence-corrected chi connectivity index (χ3v) is 6.69. The maximum absolute atomic E-state index is 12.5. The lowest BCUT2D eigenvalue weighted by Gasteiger charge is -2.36. The van der Waals surface area contributed by atoms with E-state index in [-0.39, 0.29) is 16.8 Å². The number of hydrogen-bond donors (Lipinski definition) is 1. The van der Waals surface area contributed by atoms with Gasteiger partial charge < -0.3 is 14.6 Å². The van der Waals surface area contributed by atoms with Gasteiger partial charge in [0.25, 0.3) is 5.56 Å². The number of aryl methyl sites for hydroxylation is 1. The molecule has 4 heterocycles. The highest BCUT2D eigenvalue weighted by Crippen LogP contribution is 2.26. The van der Waals surface area contributed by atoms with Crippen LogP contribution in [0.4, 0.5) is 5.69 Å². The van der Waals surface area contributed by atoms with Gasteiger partial charge in [0, 0.05) is 65.8 Å². The Hall–Kier alpha value is -3.96. The Bertz CT molecular complexity index is 1510. The number of imidazole rings is 1. The monoisotopic (exact) mass is 525 g/mol. The lowest BCUT2D eigenvalue weighted by molar-refractivity contribution is 0.0696. The number of benzene rings is 1. The lowest BCUT2D eigenvalue weighted by Crippen LogP contribution is -2.47. The molecule has 12 heteroatoms. The average molecular weight is 526 g/mol. The van der Waals surface area contributed by atoms with Crippen molar-refractivity contribution < 1.29 is 9.90 Å². The van der Waals surface area contributed by atoms with Gasteiger partial charge in [0.15, 0.2) is 11.2 Å². The third-order valence-electron chi connectivity index (χ3n) is 6.37. The summed E-state index contributed by atoms with van der Waals surface area (Å²) in [6.07, 6.45) is 4.54. The lowest BCUT2D eigenvalue weighted by atomic mass is 10.2. The number of aromatic carboxylic acids is 1. The minimum atomic E-state index is -0.919. The standard InChI is InChI=1S/C19H23ClN6O2.C6H5NO2/c1-22-17-16(18(27)23(2)19(22)28)26(13-21-17)12-9-24-7-10-25(11-8-24)15-6-4-3-5-14(15)20;8-6(9)5-1-3-7-4-2-5/h3-6,13H,7-12H2,1-2H3;1-4H,(H,8,9). The van der Waals surface area contributed by atoms with E-state index in [0.717, 1.165) is 48.0 Å². The summed E-state index contributed by atoms with van der Waals surface area (Å²) in [7, 11) is 3.13. The molecule has 1 aromatic carbocycles. The van der Waals surface area contributed by atoms with E-state index >= 15 is 0 Å². The number of carbonyl (C=O) groups is 1. The van der Waals surface area contributed by atoms with Crippen LogP contribution in [-0.4, -0.2) is 72.4 Å². The number of pyridine rings is 1. The summed E-state index contributed by atoms with van der Waals surface area (Å²) in [5.74, 6) is -0.919. The van der Waals surface area contributed by atoms with Crippen molar-refractivity contribution in [1.29, 1.82) is 0 Å². The van der Waals surface area contributed by atoms with Crippen molar-refractivity contribution in [3.63, 3.8) is 0 Å². The van der Waals surface area contributed by atoms with Gasteiger partial charge in [0.1, 0.15) is 0 Å². The smallest absolute Gasteiger partial charge is 0.335 e. The van der Waals surface area contributed by atoms with Crippen LogP contribution in [0.2, 0.25) is 5.02 Å². The van der Waals surface area contributed by atoms with Crippen LogP contribution in [0.5, 0.6) is 0 Å². The first-order chi connectivity index (χ1) is 17.8. The predicted molar refractivity (Wildman–Crippen MR) is 142 cm³/mol. The average Bonchev–Trinajstić information content (AvgIpc) is 3.35. The van der Waals surface area contributed by atoms with Gasteiger partial charge in [-0.15, -0.1) is 0 Å². The number of hydrogen-bond acceptors (Lipinski definition) is 7. The van der Waals surface area contributed by atoms with E-state index in [4.69, 9.17) is 16.7 Å². The normalized spacial score (nSPS) is 13.9. The molecule has 4 aromatic rings. The van der Waals surface area contributed by atoms with Gasteiger partial charge in [-0.2, -0.15) is 0 Å². The van der Waals surface area contributed by atoms with Crippen molar-refractivity contribution in [1.82, 2.24) is 28.6 Å². The second kappa shape index (κ2) is 11.4. The van der Waals surface area contributed by atoms with Crippen LogP contribution in [0.25, 0.3) is 11.2 Å². The number of piperazine rings is 1. The molecule has 0 atom stereocenters. The summed E-state index contributed by atoms with van der Waals surface area (Å²) in [6, 6.07) is 10.8. The molecule has 0 amide bonds. The number of halogens is 1. The highest BCUT2D eigenvalue weighted by molar-refractivity contribution is 6.33. The Morgan fingerprint density at radius 2 is 1.65 bits per heavy atom. The minimum absolute atomic E-state index is 0.269. The number of para-hydroxylation sites is 1. The molecule has 1 N–H and O–H groups in total. The minimum Gasteiger partial charge on any atom is -0.478 e. The quantitative estimate of drug-likeness (QED) is 0.418. The van der Waals surface area contributed by atoms with Crippen LogP contribution in [0.15, 0.2) is 64.7 Å². The molecule has 1 aliphatic heterocycles. The molecule has 0 spiro atoms. The van der Waals surface area contributed by atoms with E-state index in [1.54, 1.807) is 13.4 Å². The first-order valence-corrected chi connectivity index (χ1v) is 12.1. The molecule has 1 saturated heterocycles. The number of carboxylic acid groups (broad SMARTS) is 1. The summed E-state index contributed by atoms with van der Waals surface area (Å²) in [6.45, 7) is 5.13. The molecule has 0 radical (unpaired) electrons. The second-order valence-corrected chi connectivity index (χ2v) is 9.04. The summed E-state index contributed by atoms with van der Waals surface area (Å²) in [5.41, 5.74) is 1.58. The molecule has 5 rings (SSSR count). The Kier molecular flexibility index (Phi) is 8.04. The summed E-state index contributed by atoms with van der Waals surface area (Å²) in [4.78, 5) is 47.4. The first kappa shape index (κ1) is 26.1. The van der Waals surface area contributed by atoms with Crippen LogP contribution in [-0.2, 0) is 20.6 Å². The van der Waals surface area contributed by atoms with Gasteiger partial charge in [-0.1, -0.05) is 23.7 Å². The van der Waals surface area contributed by atoms with E-state index in [2.05, 4.69) is 25.8 Å². The Balaban J connectivity index is 0.000000301. The molecule has 0 saturated carbocycles. The third kappa shape index (κ3) is 5.73. The maximum atomic E-state index is 12.5. The number of nitrogens with zero attached hydrogens (tertiary/aromatic N) is 7. The molecule has 1 fully saturated rings. The molecule has 0 aliphatic carbocycles. The van der Waals surface area contributed by atoms with Crippen molar-refractivity contribution >= 4 is 34.4 Å². The Morgan fingerprint density at radius 1 is 0.973 bits per heavy atom. The summed E-state index contributed by atoms with van der Waals surface area (Å²) < 4.78 is 4.38. The van der Waals surface area contributed by atoms with E-state index < -0.39 is 5.97 Å². The fourth-order valence-corrected chi connectivity index (χ4v) is 4.49. The fourth-order valence-electron chi connectivity index (χ4n) is 4.23. The summed E-state index contributed by atoms with van der Waals surface area (Å²) >= 11 is 6.31. The molecule has 3 aromatic heterocycles. The van der Waals surface area contributed by atoms with Gasteiger partial charge in [-0.05, 0) is 24.3 Å². The molecular formula is C25H28ClN7O4. The van der Waals surface area contributed by atoms with E-state index in [0.29, 0.717) is 17.7 Å². The van der Waals surface area contributed by atoms with Gasteiger partial charge in [-0.25, -0.2) is 14.6 Å². The highest BCUT2D eigenvalue weighted by Gasteiger charge is 2.20. The Labute approximate surface area is 217 Å². The van der Waals surface area contributed by atoms with E-state index in [9.17, 15) is 14.4 Å². The Morgan fingerprint density at radius 3 is 2.27 bits per heavy atom. The van der Waals surface area contributed by atoms with E-state index in [1.807, 2.05) is 22.8 Å². The van der Waals surface area contributed by atoms with Crippen molar-refractivity contribution in [2.45, 2.75) is 6.54 Å². The van der Waals surface area contributed by atoms with Gasteiger partial charge in [-0.3, -0.25) is 23.8 Å². The molecule has 11 nitrogen and oxygen atoms in total. The van der Waals surface area contributed by atoms with Crippen LogP contribution in [0, 0.1) is 0 Å². The molecule has 37 heavy (non-hydrogen) atoms. The number of carboxylic acids is 1. The predicted octanol–water partition coefficient (Wildman–Crippen LogP) is 1.69. The van der Waals surface area contributed by atoms with Crippen molar-refractivity contribution in [2.24, 2.45) is 14.1 Å². The molecule has 1 aliphatic rings. The molecule has 0 unspecified atom stereocenters. The zero-order valence-electron chi connectivity index (χ0n) is 20.6. The van der Waals surface area contributed by atoms with E-state index in [1.165, 1.54) is 36.1 Å². The number of anilines is 1. The van der Waals surface area contributed by atoms with Crippen LogP contribution < -0.4 is 16.1 Å². The number of rotatable bonds is 5. The zero-order valence-corrected chi connectivity index (χ0v) is 21.4. The molecule has 0 bridgehead atoms. The molecular weight excluding hydrogens is 498 g/mol. The van der Waals surface area contributed by atoms with Gasteiger partial charge >= 0.3 is 11.7 Å². The topological polar surface area (TPSA) is 118 Å². The second-order valence-electron chi connectivity index (χ2n) is 8.64. The largest absolute Gasteiger partial charge is 0.478 e. The van der Waals surface area contributed by atoms with Crippen LogP contribution in [0.3, 0.4) is 0 Å².